The van der Waals surface area contributed by atoms with Crippen LogP contribution in [0.3, 0.4) is 0 Å². The van der Waals surface area contributed by atoms with Gasteiger partial charge in [-0.3, -0.25) is 0 Å². The number of benzene rings is 2. The summed E-state index contributed by atoms with van der Waals surface area (Å²) in [4.78, 5) is 0. The highest BCUT2D eigenvalue weighted by atomic mass is 79.9. The molecule has 2 N–H and O–H groups in total. The molecule has 0 unspecified atom stereocenters. The second-order valence-corrected chi connectivity index (χ2v) is 5.33. The van der Waals surface area contributed by atoms with Gasteiger partial charge in [0.25, 0.3) is 0 Å². The van der Waals surface area contributed by atoms with Gasteiger partial charge in [0, 0.05) is 16.6 Å². The SMILES string of the molecule is NCc1ccc(Oc2ccc(Cl)cc2Br)cc1Cl. The van der Waals surface area contributed by atoms with Crippen LogP contribution in [0.15, 0.2) is 40.9 Å². The van der Waals surface area contributed by atoms with E-state index in [1.165, 1.54) is 0 Å². The Morgan fingerprint density at radius 2 is 1.89 bits per heavy atom. The lowest BCUT2D eigenvalue weighted by atomic mass is 10.2. The fourth-order valence-electron chi connectivity index (χ4n) is 1.44. The van der Waals surface area contributed by atoms with Gasteiger partial charge >= 0.3 is 0 Å². The molecule has 0 radical (unpaired) electrons. The fourth-order valence-corrected chi connectivity index (χ4v) is 2.45. The van der Waals surface area contributed by atoms with Crippen molar-refractivity contribution in [3.8, 4) is 11.5 Å². The van der Waals surface area contributed by atoms with E-state index in [0.29, 0.717) is 28.1 Å². The van der Waals surface area contributed by atoms with Crippen molar-refractivity contribution in [2.24, 2.45) is 5.73 Å². The molecule has 0 heterocycles. The average molecular weight is 347 g/mol. The zero-order chi connectivity index (χ0) is 13.1. The molecule has 5 heteroatoms. The molecule has 0 aliphatic carbocycles. The third-order valence-corrected chi connectivity index (χ3v) is 3.57. The van der Waals surface area contributed by atoms with E-state index in [4.69, 9.17) is 33.7 Å². The summed E-state index contributed by atoms with van der Waals surface area (Å²) >= 11 is 15.3. The summed E-state index contributed by atoms with van der Waals surface area (Å²) < 4.78 is 6.50. The first-order valence-corrected chi connectivity index (χ1v) is 6.76. The Bertz CT molecular complexity index is 575. The molecule has 0 aliphatic rings. The Kier molecular flexibility index (Phi) is 4.51. The van der Waals surface area contributed by atoms with Crippen LogP contribution in [0.4, 0.5) is 0 Å². The topological polar surface area (TPSA) is 35.2 Å². The standard InChI is InChI=1S/C13H10BrCl2NO/c14-11-5-9(15)2-4-13(11)18-10-3-1-8(7-17)12(16)6-10/h1-6H,7,17H2. The van der Waals surface area contributed by atoms with Gasteiger partial charge in [-0.15, -0.1) is 0 Å². The van der Waals surface area contributed by atoms with Crippen molar-refractivity contribution in [1.29, 1.82) is 0 Å². The summed E-state index contributed by atoms with van der Waals surface area (Å²) in [5.74, 6) is 1.33. The number of hydrogen-bond donors (Lipinski definition) is 1. The quantitative estimate of drug-likeness (QED) is 0.848. The second kappa shape index (κ2) is 5.93. The molecule has 2 rings (SSSR count). The van der Waals surface area contributed by atoms with Gasteiger partial charge in [0.1, 0.15) is 11.5 Å². The molecule has 0 amide bonds. The summed E-state index contributed by atoms with van der Waals surface area (Å²) in [6.07, 6.45) is 0. The van der Waals surface area contributed by atoms with Gasteiger partial charge in [-0.25, -0.2) is 0 Å². The van der Waals surface area contributed by atoms with Crippen molar-refractivity contribution in [3.05, 3.63) is 56.5 Å². The van der Waals surface area contributed by atoms with E-state index in [1.807, 2.05) is 12.1 Å². The van der Waals surface area contributed by atoms with Crippen LogP contribution < -0.4 is 10.5 Å². The maximum Gasteiger partial charge on any atom is 0.141 e. The number of nitrogens with two attached hydrogens (primary N) is 1. The van der Waals surface area contributed by atoms with Crippen LogP contribution in [-0.4, -0.2) is 0 Å². The molecule has 18 heavy (non-hydrogen) atoms. The minimum absolute atomic E-state index is 0.407. The minimum Gasteiger partial charge on any atom is -0.456 e. The summed E-state index contributed by atoms with van der Waals surface area (Å²) in [5, 5.41) is 1.24. The van der Waals surface area contributed by atoms with Gasteiger partial charge in [-0.1, -0.05) is 29.3 Å². The third kappa shape index (κ3) is 3.18. The van der Waals surface area contributed by atoms with Crippen LogP contribution in [0.25, 0.3) is 0 Å². The van der Waals surface area contributed by atoms with Gasteiger partial charge in [-0.05, 0) is 51.8 Å². The Balaban J connectivity index is 2.26. The first-order chi connectivity index (χ1) is 8.60. The molecular formula is C13H10BrCl2NO. The van der Waals surface area contributed by atoms with Crippen LogP contribution in [0, 0.1) is 0 Å². The van der Waals surface area contributed by atoms with E-state index in [0.717, 1.165) is 10.0 Å². The predicted octanol–water partition coefficient (Wildman–Crippen LogP) is 5.01. The lowest BCUT2D eigenvalue weighted by Gasteiger charge is -2.09. The maximum absolute atomic E-state index is 6.07. The van der Waals surface area contributed by atoms with Gasteiger partial charge in [0.15, 0.2) is 0 Å². The third-order valence-electron chi connectivity index (χ3n) is 2.37. The van der Waals surface area contributed by atoms with E-state index in [2.05, 4.69) is 15.9 Å². The van der Waals surface area contributed by atoms with Crippen molar-refractivity contribution in [1.82, 2.24) is 0 Å². The van der Waals surface area contributed by atoms with E-state index in [9.17, 15) is 0 Å². The molecule has 0 atom stereocenters. The maximum atomic E-state index is 6.07. The normalized spacial score (nSPS) is 10.4. The first-order valence-electron chi connectivity index (χ1n) is 5.21. The summed E-state index contributed by atoms with van der Waals surface area (Å²) in [6.45, 7) is 0.407. The Labute approximate surface area is 124 Å². The van der Waals surface area contributed by atoms with Crippen molar-refractivity contribution in [2.75, 3.05) is 0 Å². The van der Waals surface area contributed by atoms with Crippen LogP contribution in [0.5, 0.6) is 11.5 Å². The summed E-state index contributed by atoms with van der Waals surface area (Å²) in [5.41, 5.74) is 6.43. The van der Waals surface area contributed by atoms with Gasteiger partial charge in [-0.2, -0.15) is 0 Å². The highest BCUT2D eigenvalue weighted by Gasteiger charge is 2.05. The van der Waals surface area contributed by atoms with E-state index < -0.39 is 0 Å². The molecule has 2 aromatic carbocycles. The van der Waals surface area contributed by atoms with Crippen molar-refractivity contribution < 1.29 is 4.74 Å². The summed E-state index contributed by atoms with van der Waals surface area (Å²) in [6, 6.07) is 10.7. The molecule has 2 aromatic rings. The van der Waals surface area contributed by atoms with Crippen LogP contribution in [0.1, 0.15) is 5.56 Å². The molecule has 0 aliphatic heterocycles. The van der Waals surface area contributed by atoms with E-state index in [-0.39, 0.29) is 0 Å². The second-order valence-electron chi connectivity index (χ2n) is 3.63. The Morgan fingerprint density at radius 1 is 1.11 bits per heavy atom. The minimum atomic E-state index is 0.407. The molecule has 0 fully saturated rings. The van der Waals surface area contributed by atoms with Crippen LogP contribution >= 0.6 is 39.1 Å². The van der Waals surface area contributed by atoms with Crippen molar-refractivity contribution in [3.63, 3.8) is 0 Å². The number of ether oxygens (including phenoxy) is 1. The zero-order valence-electron chi connectivity index (χ0n) is 9.29. The van der Waals surface area contributed by atoms with Gasteiger partial charge in [0.05, 0.1) is 4.47 Å². The number of halogens is 3. The molecule has 0 saturated heterocycles. The van der Waals surface area contributed by atoms with Crippen LogP contribution in [-0.2, 0) is 6.54 Å². The molecule has 94 valence electrons. The number of hydrogen-bond acceptors (Lipinski definition) is 2. The van der Waals surface area contributed by atoms with Crippen molar-refractivity contribution in [2.45, 2.75) is 6.54 Å². The molecule has 0 bridgehead atoms. The predicted molar refractivity (Wildman–Crippen MR) is 78.6 cm³/mol. The van der Waals surface area contributed by atoms with Crippen molar-refractivity contribution >= 4 is 39.1 Å². The Hall–Kier alpha value is -0.740. The Morgan fingerprint density at radius 3 is 2.50 bits per heavy atom. The zero-order valence-corrected chi connectivity index (χ0v) is 12.4. The monoisotopic (exact) mass is 345 g/mol. The highest BCUT2D eigenvalue weighted by Crippen LogP contribution is 2.33. The highest BCUT2D eigenvalue weighted by molar-refractivity contribution is 9.10. The molecule has 0 aromatic heterocycles. The molecule has 0 saturated carbocycles. The fraction of sp³-hybridized carbons (Fsp3) is 0.0769. The average Bonchev–Trinajstić information content (AvgIpc) is 2.33. The molecule has 2 nitrogen and oxygen atoms in total. The largest absolute Gasteiger partial charge is 0.456 e. The molecular weight excluding hydrogens is 337 g/mol. The van der Waals surface area contributed by atoms with Crippen LogP contribution in [0.2, 0.25) is 10.0 Å². The van der Waals surface area contributed by atoms with E-state index in [1.54, 1.807) is 24.3 Å². The van der Waals surface area contributed by atoms with E-state index >= 15 is 0 Å². The molecule has 0 spiro atoms. The first kappa shape index (κ1) is 13.7. The lowest BCUT2D eigenvalue weighted by Crippen LogP contribution is -1.97. The smallest absolute Gasteiger partial charge is 0.141 e. The lowest BCUT2D eigenvalue weighted by molar-refractivity contribution is 0.479. The van der Waals surface area contributed by atoms with Gasteiger partial charge in [0.2, 0.25) is 0 Å². The number of rotatable bonds is 3. The van der Waals surface area contributed by atoms with Gasteiger partial charge < -0.3 is 10.5 Å². The summed E-state index contributed by atoms with van der Waals surface area (Å²) in [7, 11) is 0.